The van der Waals surface area contributed by atoms with Gasteiger partial charge in [0.05, 0.1) is 12.6 Å². The van der Waals surface area contributed by atoms with Crippen LogP contribution in [0.5, 0.6) is 0 Å². The number of hydrogen-bond acceptors (Lipinski definition) is 6. The summed E-state index contributed by atoms with van der Waals surface area (Å²) in [7, 11) is 0. The second kappa shape index (κ2) is 7.19. The number of aldehydes is 1. The van der Waals surface area contributed by atoms with Crippen molar-refractivity contribution in [3.8, 4) is 0 Å². The van der Waals surface area contributed by atoms with Crippen molar-refractivity contribution in [3.63, 3.8) is 0 Å². The molecular formula is C6H14ClNO5. The van der Waals surface area contributed by atoms with Crippen LogP contribution in [0.25, 0.3) is 0 Å². The molecule has 0 aliphatic rings. The molecule has 0 spiro atoms. The van der Waals surface area contributed by atoms with Gasteiger partial charge in [-0.05, 0) is 0 Å². The molecule has 0 aliphatic carbocycles. The Morgan fingerprint density at radius 2 is 1.69 bits per heavy atom. The fourth-order valence-electron chi connectivity index (χ4n) is 0.644. The van der Waals surface area contributed by atoms with Gasteiger partial charge in [0.15, 0.2) is 0 Å². The van der Waals surface area contributed by atoms with E-state index in [1.165, 1.54) is 0 Å². The molecule has 0 saturated heterocycles. The van der Waals surface area contributed by atoms with Gasteiger partial charge in [0.1, 0.15) is 24.6 Å². The van der Waals surface area contributed by atoms with E-state index in [0.29, 0.717) is 0 Å². The molecule has 0 heterocycles. The Labute approximate surface area is 81.4 Å². The molecule has 0 saturated carbocycles. The number of halogens is 1. The zero-order valence-electron chi connectivity index (χ0n) is 6.78. The Bertz CT molecular complexity index is 147. The quantitative estimate of drug-likeness (QED) is 0.312. The van der Waals surface area contributed by atoms with Crippen LogP contribution in [0, 0.1) is 0 Å². The number of rotatable bonds is 5. The monoisotopic (exact) mass is 215 g/mol. The van der Waals surface area contributed by atoms with Crippen molar-refractivity contribution in [1.29, 1.82) is 0 Å². The van der Waals surface area contributed by atoms with Crippen LogP contribution in [-0.4, -0.2) is 57.7 Å². The largest absolute Gasteiger partial charge is 0.394 e. The van der Waals surface area contributed by atoms with Crippen LogP contribution in [0.3, 0.4) is 0 Å². The predicted octanol–water partition coefficient (Wildman–Crippen LogP) is -2.99. The fraction of sp³-hybridized carbons (Fsp3) is 0.833. The highest BCUT2D eigenvalue weighted by Crippen LogP contribution is 2.01. The van der Waals surface area contributed by atoms with Gasteiger partial charge >= 0.3 is 0 Å². The van der Waals surface area contributed by atoms with E-state index >= 15 is 0 Å². The minimum atomic E-state index is -1.62. The maximum atomic E-state index is 10.0. The molecular weight excluding hydrogens is 202 g/mol. The molecule has 0 aliphatic heterocycles. The van der Waals surface area contributed by atoms with Gasteiger partial charge in [0.25, 0.3) is 0 Å². The number of carbonyl (C=O) groups is 1. The molecule has 0 aromatic carbocycles. The summed E-state index contributed by atoms with van der Waals surface area (Å²) in [6, 6.07) is -1.26. The summed E-state index contributed by atoms with van der Waals surface area (Å²) in [4.78, 5) is 10.0. The normalized spacial score (nSPS) is 19.5. The molecule has 0 radical (unpaired) electrons. The molecule has 0 aromatic rings. The molecule has 7 heteroatoms. The van der Waals surface area contributed by atoms with E-state index in [0.717, 1.165) is 0 Å². The number of aliphatic hydroxyl groups is 4. The maximum Gasteiger partial charge on any atom is 0.139 e. The van der Waals surface area contributed by atoms with E-state index in [1.54, 1.807) is 0 Å². The molecule has 13 heavy (non-hydrogen) atoms. The predicted molar refractivity (Wildman–Crippen MR) is 46.4 cm³/mol. The van der Waals surface area contributed by atoms with Crippen molar-refractivity contribution in [2.45, 2.75) is 24.4 Å². The molecule has 0 unspecified atom stereocenters. The van der Waals surface area contributed by atoms with E-state index in [9.17, 15) is 4.79 Å². The summed E-state index contributed by atoms with van der Waals surface area (Å²) in [6.07, 6.45) is -4.43. The SMILES string of the molecule is Cl.N[C@H](C=O)[C@@H](O)[C@@H](O)[C@@H](O)CO. The minimum absolute atomic E-state index is 0. The summed E-state index contributed by atoms with van der Waals surface area (Å²) in [5.41, 5.74) is 5.04. The van der Waals surface area contributed by atoms with Crippen LogP contribution < -0.4 is 5.73 Å². The van der Waals surface area contributed by atoms with Gasteiger partial charge in [-0.2, -0.15) is 0 Å². The smallest absolute Gasteiger partial charge is 0.139 e. The number of carbonyl (C=O) groups excluding carboxylic acids is 1. The van der Waals surface area contributed by atoms with Crippen LogP contribution in [0.2, 0.25) is 0 Å². The number of aliphatic hydroxyl groups excluding tert-OH is 4. The first-order valence-corrected chi connectivity index (χ1v) is 3.40. The van der Waals surface area contributed by atoms with Gasteiger partial charge in [0.2, 0.25) is 0 Å². The molecule has 6 nitrogen and oxygen atoms in total. The average molecular weight is 216 g/mol. The lowest BCUT2D eigenvalue weighted by Crippen LogP contribution is -2.49. The van der Waals surface area contributed by atoms with Crippen LogP contribution in [0.4, 0.5) is 0 Å². The Kier molecular flexibility index (Phi) is 8.43. The summed E-state index contributed by atoms with van der Waals surface area (Å²) >= 11 is 0. The van der Waals surface area contributed by atoms with Gasteiger partial charge in [0, 0.05) is 0 Å². The van der Waals surface area contributed by atoms with Crippen molar-refractivity contribution in [3.05, 3.63) is 0 Å². The highest BCUT2D eigenvalue weighted by Gasteiger charge is 2.28. The number of hydrogen-bond donors (Lipinski definition) is 5. The molecule has 0 rings (SSSR count). The summed E-state index contributed by atoms with van der Waals surface area (Å²) in [5.74, 6) is 0. The Hall–Kier alpha value is -0.240. The highest BCUT2D eigenvalue weighted by molar-refractivity contribution is 5.85. The van der Waals surface area contributed by atoms with Crippen molar-refractivity contribution >= 4 is 18.7 Å². The second-order valence-corrected chi connectivity index (χ2v) is 2.44. The fourth-order valence-corrected chi connectivity index (χ4v) is 0.644. The molecule has 0 bridgehead atoms. The van der Waals surface area contributed by atoms with Crippen molar-refractivity contribution in [2.75, 3.05) is 6.61 Å². The lowest BCUT2D eigenvalue weighted by atomic mass is 10.0. The Balaban J connectivity index is 0. The van der Waals surface area contributed by atoms with Crippen molar-refractivity contribution < 1.29 is 25.2 Å². The standard InChI is InChI=1S/C6H13NO5.ClH/c7-3(1-8)5(11)6(12)4(10)2-9;/h1,3-6,9-12H,2,7H2;1H/t3-,4+,5-,6+;/m1./s1. The van der Waals surface area contributed by atoms with E-state index < -0.39 is 31.0 Å². The molecule has 0 amide bonds. The van der Waals surface area contributed by atoms with Gasteiger partial charge in [-0.25, -0.2) is 0 Å². The summed E-state index contributed by atoms with van der Waals surface area (Å²) < 4.78 is 0. The molecule has 0 aromatic heterocycles. The van der Waals surface area contributed by atoms with Gasteiger partial charge < -0.3 is 31.0 Å². The van der Waals surface area contributed by atoms with Crippen molar-refractivity contribution in [2.24, 2.45) is 5.73 Å². The Morgan fingerprint density at radius 3 is 2.00 bits per heavy atom. The van der Waals surface area contributed by atoms with Gasteiger partial charge in [-0.1, -0.05) is 0 Å². The lowest BCUT2D eigenvalue weighted by Gasteiger charge is -2.23. The van der Waals surface area contributed by atoms with Crippen LogP contribution in [0.15, 0.2) is 0 Å². The zero-order valence-corrected chi connectivity index (χ0v) is 7.59. The third-order valence-corrected chi connectivity index (χ3v) is 1.48. The molecule has 4 atom stereocenters. The third kappa shape index (κ3) is 4.51. The maximum absolute atomic E-state index is 10.0. The Morgan fingerprint density at radius 1 is 1.23 bits per heavy atom. The first kappa shape index (κ1) is 15.2. The highest BCUT2D eigenvalue weighted by atomic mass is 35.5. The summed E-state index contributed by atoms with van der Waals surface area (Å²) in [6.45, 7) is -0.705. The topological polar surface area (TPSA) is 124 Å². The first-order valence-electron chi connectivity index (χ1n) is 3.40. The van der Waals surface area contributed by atoms with E-state index in [1.807, 2.05) is 0 Å². The third-order valence-electron chi connectivity index (χ3n) is 1.48. The molecule has 6 N–H and O–H groups in total. The van der Waals surface area contributed by atoms with E-state index in [4.69, 9.17) is 26.2 Å². The van der Waals surface area contributed by atoms with Gasteiger partial charge in [-0.3, -0.25) is 0 Å². The van der Waals surface area contributed by atoms with Crippen LogP contribution in [-0.2, 0) is 4.79 Å². The lowest BCUT2D eigenvalue weighted by molar-refractivity contribution is -0.118. The second-order valence-electron chi connectivity index (χ2n) is 2.44. The molecule has 80 valence electrons. The average Bonchev–Trinajstić information content (AvgIpc) is 2.12. The summed E-state index contributed by atoms with van der Waals surface area (Å²) in [5, 5.41) is 35.2. The molecule has 0 fully saturated rings. The van der Waals surface area contributed by atoms with E-state index in [2.05, 4.69) is 0 Å². The number of nitrogens with two attached hydrogens (primary N) is 1. The van der Waals surface area contributed by atoms with Gasteiger partial charge in [-0.15, -0.1) is 12.4 Å². The van der Waals surface area contributed by atoms with Crippen molar-refractivity contribution in [1.82, 2.24) is 0 Å². The van der Waals surface area contributed by atoms with E-state index in [-0.39, 0.29) is 18.7 Å². The zero-order chi connectivity index (χ0) is 9.72. The minimum Gasteiger partial charge on any atom is -0.394 e. The van der Waals surface area contributed by atoms with Crippen LogP contribution >= 0.6 is 12.4 Å². The van der Waals surface area contributed by atoms with Crippen LogP contribution in [0.1, 0.15) is 0 Å². The first-order chi connectivity index (χ1) is 5.54.